The highest BCUT2D eigenvalue weighted by Gasteiger charge is 2.27. The topological polar surface area (TPSA) is 189 Å². The first-order chi connectivity index (χ1) is 29.9. The van der Waals surface area contributed by atoms with Crippen molar-refractivity contribution in [3.05, 3.63) is 72.9 Å². The molecule has 0 aromatic carbocycles. The molecule has 0 amide bonds. The van der Waals surface area contributed by atoms with Crippen molar-refractivity contribution in [1.29, 1.82) is 0 Å². The molecule has 0 radical (unpaired) electrons. The van der Waals surface area contributed by atoms with Crippen molar-refractivity contribution >= 4 is 19.8 Å². The zero-order valence-corrected chi connectivity index (χ0v) is 39.3. The highest BCUT2D eigenvalue weighted by atomic mass is 31.2. The van der Waals surface area contributed by atoms with Gasteiger partial charge in [-0.15, -0.1) is 0 Å². The average molecular weight is 897 g/mol. The van der Waals surface area contributed by atoms with Gasteiger partial charge in [-0.2, -0.15) is 0 Å². The highest BCUT2D eigenvalue weighted by Crippen LogP contribution is 2.43. The lowest BCUT2D eigenvalue weighted by molar-refractivity contribution is -0.161. The van der Waals surface area contributed by atoms with Crippen LogP contribution in [0.3, 0.4) is 0 Å². The Morgan fingerprint density at radius 2 is 1.13 bits per heavy atom. The quantitative estimate of drug-likeness (QED) is 0.0128. The van der Waals surface area contributed by atoms with Gasteiger partial charge >= 0.3 is 19.8 Å². The fraction of sp³-hybridized carbons (Fsp3) is 0.714. The Bertz CT molecular complexity index is 1310. The second-order valence-electron chi connectivity index (χ2n) is 16.1. The van der Waals surface area contributed by atoms with E-state index in [2.05, 4.69) is 18.4 Å². The summed E-state index contributed by atoms with van der Waals surface area (Å²) in [6.07, 6.45) is 40.8. The minimum atomic E-state index is -4.67. The monoisotopic (exact) mass is 897 g/mol. The Hall–Kier alpha value is -2.67. The molecule has 6 atom stereocenters. The van der Waals surface area contributed by atoms with E-state index in [9.17, 15) is 34.4 Å². The van der Waals surface area contributed by atoms with Crippen LogP contribution in [-0.2, 0) is 32.7 Å². The van der Waals surface area contributed by atoms with Gasteiger partial charge in [-0.1, -0.05) is 190 Å². The van der Waals surface area contributed by atoms with E-state index in [1.165, 1.54) is 77.0 Å². The molecule has 0 heterocycles. The molecule has 0 aliphatic rings. The fourth-order valence-corrected chi connectivity index (χ4v) is 6.84. The number of esters is 2. The van der Waals surface area contributed by atoms with Crippen molar-refractivity contribution in [3.8, 4) is 0 Å². The van der Waals surface area contributed by atoms with E-state index in [-0.39, 0.29) is 12.8 Å². The molecule has 0 saturated heterocycles. The van der Waals surface area contributed by atoms with E-state index in [0.29, 0.717) is 32.1 Å². The molecule has 0 aromatic rings. The van der Waals surface area contributed by atoms with Gasteiger partial charge in [0, 0.05) is 12.8 Å². The van der Waals surface area contributed by atoms with Gasteiger partial charge in [-0.25, -0.2) is 4.57 Å². The summed E-state index contributed by atoms with van der Waals surface area (Å²) in [7, 11) is -4.67. The lowest BCUT2D eigenvalue weighted by atomic mass is 9.99. The molecule has 5 N–H and O–H groups in total. The summed E-state index contributed by atoms with van der Waals surface area (Å²) < 4.78 is 32.6. The van der Waals surface area contributed by atoms with E-state index in [1.807, 2.05) is 43.4 Å². The van der Waals surface area contributed by atoms with Gasteiger partial charge in [0.15, 0.2) is 6.10 Å². The van der Waals surface area contributed by atoms with Gasteiger partial charge in [0.05, 0.1) is 32.0 Å². The molecule has 2 unspecified atom stereocenters. The predicted molar refractivity (Wildman–Crippen MR) is 249 cm³/mol. The van der Waals surface area contributed by atoms with Crippen molar-refractivity contribution in [1.82, 2.24) is 0 Å². The predicted octanol–water partition coefficient (Wildman–Crippen LogP) is 10.6. The van der Waals surface area contributed by atoms with E-state index in [0.717, 1.165) is 31.6 Å². The third kappa shape index (κ3) is 41.3. The van der Waals surface area contributed by atoms with Crippen molar-refractivity contribution in [2.24, 2.45) is 5.92 Å². The Kier molecular flexibility index (Phi) is 40.5. The minimum Gasteiger partial charge on any atom is -0.462 e. The van der Waals surface area contributed by atoms with E-state index in [1.54, 1.807) is 36.5 Å². The van der Waals surface area contributed by atoms with Crippen LogP contribution in [0.1, 0.15) is 168 Å². The van der Waals surface area contributed by atoms with Crippen LogP contribution < -0.4 is 0 Å². The van der Waals surface area contributed by atoms with Gasteiger partial charge in [0.2, 0.25) is 0 Å². The molecule has 0 aliphatic carbocycles. The maximum Gasteiger partial charge on any atom is 0.472 e. The van der Waals surface area contributed by atoms with Gasteiger partial charge < -0.3 is 34.8 Å². The van der Waals surface area contributed by atoms with E-state index in [4.69, 9.17) is 19.1 Å². The number of phosphoric ester groups is 1. The van der Waals surface area contributed by atoms with Gasteiger partial charge in [-0.3, -0.25) is 18.6 Å². The Morgan fingerprint density at radius 3 is 1.68 bits per heavy atom. The van der Waals surface area contributed by atoms with E-state index >= 15 is 0 Å². The van der Waals surface area contributed by atoms with Crippen LogP contribution in [0.2, 0.25) is 0 Å². The first-order valence-corrected chi connectivity index (χ1v) is 25.0. The van der Waals surface area contributed by atoms with Crippen LogP contribution in [0, 0.1) is 5.92 Å². The Balaban J connectivity index is 4.47. The number of carbonyl (C=O) groups is 2. The molecule has 0 bridgehead atoms. The number of aliphatic hydroxyl groups is 4. The second kappa shape index (κ2) is 42.3. The molecule has 0 aromatic heterocycles. The van der Waals surface area contributed by atoms with Crippen LogP contribution in [0.4, 0.5) is 0 Å². The second-order valence-corrected chi connectivity index (χ2v) is 17.5. The van der Waals surface area contributed by atoms with Crippen LogP contribution in [0.25, 0.3) is 0 Å². The van der Waals surface area contributed by atoms with Crippen molar-refractivity contribution in [2.75, 3.05) is 26.4 Å². The number of aliphatic hydroxyl groups excluding tert-OH is 4. The molecular weight excluding hydrogens is 812 g/mol. The van der Waals surface area contributed by atoms with Crippen LogP contribution in [0.5, 0.6) is 0 Å². The summed E-state index contributed by atoms with van der Waals surface area (Å²) in [5, 5.41) is 38.3. The van der Waals surface area contributed by atoms with Gasteiger partial charge in [0.1, 0.15) is 12.7 Å². The lowest BCUT2D eigenvalue weighted by Crippen LogP contribution is -2.29. The summed E-state index contributed by atoms with van der Waals surface area (Å²) in [4.78, 5) is 35.1. The molecule has 0 rings (SSSR count). The molecule has 0 aliphatic heterocycles. The molecule has 358 valence electrons. The third-order valence-corrected chi connectivity index (χ3v) is 11.0. The van der Waals surface area contributed by atoms with Crippen LogP contribution in [-0.4, -0.2) is 88.1 Å². The smallest absolute Gasteiger partial charge is 0.462 e. The Morgan fingerprint density at radius 1 is 0.613 bits per heavy atom. The number of hydrogen-bond acceptors (Lipinski definition) is 11. The number of allylic oxidation sites excluding steroid dienone is 8. The first kappa shape index (κ1) is 59.3. The lowest BCUT2D eigenvalue weighted by Gasteiger charge is -2.20. The highest BCUT2D eigenvalue weighted by molar-refractivity contribution is 7.47. The number of carbonyl (C=O) groups excluding carboxylic acids is 2. The van der Waals surface area contributed by atoms with Crippen molar-refractivity contribution in [2.45, 2.75) is 193 Å². The number of rotatable bonds is 42. The van der Waals surface area contributed by atoms with E-state index < -0.39 is 70.6 Å². The molecule has 62 heavy (non-hydrogen) atoms. The zero-order valence-electron chi connectivity index (χ0n) is 38.4. The van der Waals surface area contributed by atoms with Crippen molar-refractivity contribution in [3.63, 3.8) is 0 Å². The summed E-state index contributed by atoms with van der Waals surface area (Å²) in [6.45, 7) is 4.36. The summed E-state index contributed by atoms with van der Waals surface area (Å²) >= 11 is 0. The summed E-state index contributed by atoms with van der Waals surface area (Å²) in [6, 6.07) is 0. The number of ether oxygens (including phenoxy) is 2. The minimum absolute atomic E-state index is 0.0577. The molecule has 12 nitrogen and oxygen atoms in total. The Labute approximate surface area is 374 Å². The standard InChI is InChI=1S/C49H85O12P/c1-4-6-25-33-44(51)35-28-23-24-29-36-45(52)34-27-20-17-18-21-30-37-48(54)58-41-47(42-60-62(56,57)59-40-46(53)39-50)61-49(55)38-31-22-16-14-12-10-8-7-9-11-13-15-19-26-32-43(3)5-2/h6,18,20-21,23-25,27-29,35-36,43-47,50-53H,4-5,7-17,19,22,26,30-34,37-42H2,1-3H3,(H,56,57)/b21-18-,24-23-,25-6-,27-20-,35-28+,36-29+/t43?,44-,45+,46+,47-/m1/s1. The number of phosphoric acid groups is 1. The van der Waals surface area contributed by atoms with Gasteiger partial charge in [-0.05, 0) is 44.4 Å². The third-order valence-electron chi connectivity index (χ3n) is 10.1. The molecule has 13 heteroatoms. The maximum atomic E-state index is 12.7. The normalized spacial score (nSPS) is 15.9. The molecule has 0 fully saturated rings. The first-order valence-electron chi connectivity index (χ1n) is 23.5. The van der Waals surface area contributed by atoms with Crippen LogP contribution >= 0.6 is 7.82 Å². The summed E-state index contributed by atoms with van der Waals surface area (Å²) in [5.41, 5.74) is 0. The van der Waals surface area contributed by atoms with Gasteiger partial charge in [0.25, 0.3) is 0 Å². The maximum absolute atomic E-state index is 12.7. The SMILES string of the molecule is CC/C=C\C[C@@H](O)/C=C/C=C\C=C\[C@@H](O)C/C=C\C/C=C\CCC(=O)OC[C@H](COP(=O)(O)OC[C@@H](O)CO)OC(=O)CCCCCCCCCCCCCCCCC(C)CC. The van der Waals surface area contributed by atoms with Crippen LogP contribution in [0.15, 0.2) is 72.9 Å². The number of hydrogen-bond donors (Lipinski definition) is 5. The van der Waals surface area contributed by atoms with Crippen molar-refractivity contribution < 1.29 is 58.0 Å². The summed E-state index contributed by atoms with van der Waals surface area (Å²) in [5.74, 6) is -0.232. The molecule has 0 spiro atoms. The zero-order chi connectivity index (χ0) is 45.9. The number of unbranched alkanes of at least 4 members (excludes halogenated alkanes) is 13. The largest absolute Gasteiger partial charge is 0.472 e. The average Bonchev–Trinajstić information content (AvgIpc) is 3.25. The molecular formula is C49H85O12P. The molecule has 0 saturated carbocycles. The fourth-order valence-electron chi connectivity index (χ4n) is 6.05.